The summed E-state index contributed by atoms with van der Waals surface area (Å²) in [7, 11) is 1.79. The molecule has 0 unspecified atom stereocenters. The summed E-state index contributed by atoms with van der Waals surface area (Å²) in [5.41, 5.74) is 2.68. The zero-order valence-electron chi connectivity index (χ0n) is 12.8. The Labute approximate surface area is 145 Å². The SMILES string of the molecule is CN(Cc1ccc(Cl)cc1)C(=O)CSCc1ccccc1C#N. The second kappa shape index (κ2) is 8.61. The molecule has 0 N–H and O–H groups in total. The zero-order chi connectivity index (χ0) is 16.7. The van der Waals surface area contributed by atoms with Crippen LogP contribution in [-0.4, -0.2) is 23.6 Å². The van der Waals surface area contributed by atoms with Crippen molar-refractivity contribution in [1.82, 2.24) is 4.90 Å². The van der Waals surface area contributed by atoms with E-state index in [4.69, 9.17) is 16.9 Å². The summed E-state index contributed by atoms with van der Waals surface area (Å²) in [6.07, 6.45) is 0. The summed E-state index contributed by atoms with van der Waals surface area (Å²) in [5, 5.41) is 9.74. The maximum atomic E-state index is 12.2. The van der Waals surface area contributed by atoms with Gasteiger partial charge < -0.3 is 4.90 Å². The molecular formula is C18H17ClN2OS. The van der Waals surface area contributed by atoms with Crippen molar-refractivity contribution in [2.75, 3.05) is 12.8 Å². The van der Waals surface area contributed by atoms with Crippen molar-refractivity contribution in [3.8, 4) is 6.07 Å². The minimum atomic E-state index is 0.0689. The molecule has 0 heterocycles. The predicted octanol–water partition coefficient (Wildman–Crippen LogP) is 4.10. The quantitative estimate of drug-likeness (QED) is 0.792. The minimum Gasteiger partial charge on any atom is -0.341 e. The van der Waals surface area contributed by atoms with Crippen LogP contribution in [0.4, 0.5) is 0 Å². The Hall–Kier alpha value is -1.96. The van der Waals surface area contributed by atoms with E-state index in [0.29, 0.717) is 28.6 Å². The number of hydrogen-bond acceptors (Lipinski definition) is 3. The number of nitrogens with zero attached hydrogens (tertiary/aromatic N) is 2. The molecule has 2 rings (SSSR count). The first kappa shape index (κ1) is 17.4. The minimum absolute atomic E-state index is 0.0689. The molecule has 0 aliphatic rings. The van der Waals surface area contributed by atoms with Crippen LogP contribution in [-0.2, 0) is 17.1 Å². The van der Waals surface area contributed by atoms with E-state index in [1.807, 2.05) is 42.5 Å². The smallest absolute Gasteiger partial charge is 0.232 e. The number of nitriles is 1. The highest BCUT2D eigenvalue weighted by molar-refractivity contribution is 7.99. The molecule has 5 heteroatoms. The first-order valence-corrected chi connectivity index (χ1v) is 8.67. The van der Waals surface area contributed by atoms with Crippen LogP contribution in [0, 0.1) is 11.3 Å². The van der Waals surface area contributed by atoms with Crippen molar-refractivity contribution in [2.45, 2.75) is 12.3 Å². The van der Waals surface area contributed by atoms with Gasteiger partial charge >= 0.3 is 0 Å². The Balaban J connectivity index is 1.82. The third-order valence-corrected chi connectivity index (χ3v) is 4.60. The number of carbonyl (C=O) groups excluding carboxylic acids is 1. The lowest BCUT2D eigenvalue weighted by Gasteiger charge is -2.17. The largest absolute Gasteiger partial charge is 0.341 e. The molecule has 0 saturated carbocycles. The summed E-state index contributed by atoms with van der Waals surface area (Å²) in [5.74, 6) is 1.12. The first-order chi connectivity index (χ1) is 11.1. The Bertz CT molecular complexity index is 710. The van der Waals surface area contributed by atoms with Crippen molar-refractivity contribution in [1.29, 1.82) is 5.26 Å². The van der Waals surface area contributed by atoms with Gasteiger partial charge in [-0.3, -0.25) is 4.79 Å². The Kier molecular flexibility index (Phi) is 6.52. The van der Waals surface area contributed by atoms with Gasteiger partial charge in [0.2, 0.25) is 5.91 Å². The fourth-order valence-corrected chi connectivity index (χ4v) is 3.16. The lowest BCUT2D eigenvalue weighted by molar-refractivity contribution is -0.127. The number of halogens is 1. The van der Waals surface area contributed by atoms with Crippen LogP contribution in [0.5, 0.6) is 0 Å². The Morgan fingerprint density at radius 2 is 1.91 bits per heavy atom. The third-order valence-electron chi connectivity index (χ3n) is 3.38. The van der Waals surface area contributed by atoms with E-state index in [-0.39, 0.29) is 5.91 Å². The molecule has 0 aliphatic heterocycles. The van der Waals surface area contributed by atoms with Crippen LogP contribution in [0.15, 0.2) is 48.5 Å². The Morgan fingerprint density at radius 3 is 2.61 bits per heavy atom. The van der Waals surface area contributed by atoms with Gasteiger partial charge in [-0.1, -0.05) is 41.9 Å². The number of amides is 1. The van der Waals surface area contributed by atoms with E-state index in [1.165, 1.54) is 11.8 Å². The van der Waals surface area contributed by atoms with Crippen LogP contribution in [0.1, 0.15) is 16.7 Å². The third kappa shape index (κ3) is 5.31. The normalized spacial score (nSPS) is 10.1. The van der Waals surface area contributed by atoms with Gasteiger partial charge in [-0.2, -0.15) is 5.26 Å². The van der Waals surface area contributed by atoms with Gasteiger partial charge in [-0.15, -0.1) is 11.8 Å². The molecule has 0 fully saturated rings. The standard InChI is InChI=1S/C18H17ClN2OS/c1-21(11-14-6-8-17(19)9-7-14)18(22)13-23-12-16-5-3-2-4-15(16)10-20/h2-9H,11-13H2,1H3. The van der Waals surface area contributed by atoms with Crippen LogP contribution in [0.25, 0.3) is 0 Å². The molecule has 0 aliphatic carbocycles. The number of thioether (sulfide) groups is 1. The van der Waals surface area contributed by atoms with E-state index in [9.17, 15) is 4.79 Å². The fourth-order valence-electron chi connectivity index (χ4n) is 2.07. The highest BCUT2D eigenvalue weighted by Crippen LogP contribution is 2.17. The van der Waals surface area contributed by atoms with E-state index in [0.717, 1.165) is 11.1 Å². The number of carbonyl (C=O) groups is 1. The maximum absolute atomic E-state index is 12.2. The topological polar surface area (TPSA) is 44.1 Å². The second-order valence-corrected chi connectivity index (χ2v) is 6.56. The lowest BCUT2D eigenvalue weighted by Crippen LogP contribution is -2.27. The van der Waals surface area contributed by atoms with Crippen LogP contribution < -0.4 is 0 Å². The van der Waals surface area contributed by atoms with E-state index in [2.05, 4.69) is 6.07 Å². The van der Waals surface area contributed by atoms with Crippen LogP contribution in [0.2, 0.25) is 5.02 Å². The second-order valence-electron chi connectivity index (χ2n) is 5.14. The molecule has 118 valence electrons. The molecule has 3 nitrogen and oxygen atoms in total. The summed E-state index contributed by atoms with van der Waals surface area (Å²) < 4.78 is 0. The average Bonchev–Trinajstić information content (AvgIpc) is 2.57. The molecule has 2 aromatic carbocycles. The van der Waals surface area contributed by atoms with Gasteiger partial charge in [-0.05, 0) is 29.3 Å². The molecule has 1 amide bonds. The molecule has 0 saturated heterocycles. The summed E-state index contributed by atoms with van der Waals surface area (Å²) >= 11 is 7.38. The monoisotopic (exact) mass is 344 g/mol. The van der Waals surface area contributed by atoms with Crippen LogP contribution >= 0.6 is 23.4 Å². The van der Waals surface area contributed by atoms with Gasteiger partial charge in [0.05, 0.1) is 17.4 Å². The van der Waals surface area contributed by atoms with E-state index >= 15 is 0 Å². The number of hydrogen-bond donors (Lipinski definition) is 0. The molecule has 0 aromatic heterocycles. The van der Waals surface area contributed by atoms with Gasteiger partial charge in [0.15, 0.2) is 0 Å². The zero-order valence-corrected chi connectivity index (χ0v) is 14.4. The molecule has 0 spiro atoms. The van der Waals surface area contributed by atoms with Gasteiger partial charge in [0.1, 0.15) is 0 Å². The van der Waals surface area contributed by atoms with Gasteiger partial charge in [-0.25, -0.2) is 0 Å². The fraction of sp³-hybridized carbons (Fsp3) is 0.222. The van der Waals surface area contributed by atoms with Gasteiger partial charge in [0, 0.05) is 24.4 Å². The molecule has 0 atom stereocenters. The summed E-state index contributed by atoms with van der Waals surface area (Å²) in [6.45, 7) is 0.561. The molecule has 0 radical (unpaired) electrons. The van der Waals surface area contributed by atoms with E-state index < -0.39 is 0 Å². The number of benzene rings is 2. The van der Waals surface area contributed by atoms with Crippen molar-refractivity contribution in [3.63, 3.8) is 0 Å². The highest BCUT2D eigenvalue weighted by Gasteiger charge is 2.10. The summed E-state index contributed by atoms with van der Waals surface area (Å²) in [6, 6.07) is 17.1. The average molecular weight is 345 g/mol. The van der Waals surface area contributed by atoms with Gasteiger partial charge in [0.25, 0.3) is 0 Å². The van der Waals surface area contributed by atoms with E-state index in [1.54, 1.807) is 18.0 Å². The van der Waals surface area contributed by atoms with Crippen LogP contribution in [0.3, 0.4) is 0 Å². The van der Waals surface area contributed by atoms with Crippen molar-refractivity contribution in [3.05, 3.63) is 70.2 Å². The number of rotatable bonds is 6. The van der Waals surface area contributed by atoms with Crippen molar-refractivity contribution >= 4 is 29.3 Å². The molecule has 2 aromatic rings. The van der Waals surface area contributed by atoms with Crippen molar-refractivity contribution < 1.29 is 4.79 Å². The summed E-state index contributed by atoms with van der Waals surface area (Å²) in [4.78, 5) is 13.9. The molecule has 0 bridgehead atoms. The van der Waals surface area contributed by atoms with Crippen molar-refractivity contribution in [2.24, 2.45) is 0 Å². The maximum Gasteiger partial charge on any atom is 0.232 e. The first-order valence-electron chi connectivity index (χ1n) is 7.14. The molecular weight excluding hydrogens is 328 g/mol. The molecule has 23 heavy (non-hydrogen) atoms. The Morgan fingerprint density at radius 1 is 1.22 bits per heavy atom. The lowest BCUT2D eigenvalue weighted by atomic mass is 10.1. The predicted molar refractivity (Wildman–Crippen MR) is 95.2 cm³/mol. The highest BCUT2D eigenvalue weighted by atomic mass is 35.5.